The average Bonchev–Trinajstić information content (AvgIpc) is 3.01. The summed E-state index contributed by atoms with van der Waals surface area (Å²) in [6.07, 6.45) is 2.42. The van der Waals surface area contributed by atoms with E-state index in [1.54, 1.807) is 0 Å². The van der Waals surface area contributed by atoms with Crippen LogP contribution in [-0.4, -0.2) is 26.7 Å². The molecule has 0 radical (unpaired) electrons. The Morgan fingerprint density at radius 1 is 1.50 bits per heavy atom. The van der Waals surface area contributed by atoms with Crippen molar-refractivity contribution >= 4 is 0 Å². The summed E-state index contributed by atoms with van der Waals surface area (Å²) in [5.41, 5.74) is 7.59. The zero-order valence-electron chi connectivity index (χ0n) is 9.98. The van der Waals surface area contributed by atoms with Crippen LogP contribution in [0.15, 0.2) is 0 Å². The van der Waals surface area contributed by atoms with Crippen molar-refractivity contribution in [3.63, 3.8) is 0 Å². The summed E-state index contributed by atoms with van der Waals surface area (Å²) in [5, 5.41) is 17.6. The lowest BCUT2D eigenvalue weighted by molar-refractivity contribution is 0.134. The van der Waals surface area contributed by atoms with E-state index in [9.17, 15) is 5.11 Å². The van der Waals surface area contributed by atoms with E-state index in [-0.39, 0.29) is 12.0 Å². The first-order valence-electron chi connectivity index (χ1n) is 5.80. The molecule has 0 amide bonds. The molecule has 5 nitrogen and oxygen atoms in total. The van der Waals surface area contributed by atoms with E-state index in [1.165, 1.54) is 18.5 Å². The van der Waals surface area contributed by atoms with Crippen molar-refractivity contribution in [2.45, 2.75) is 45.7 Å². The number of aromatic nitrogens is 3. The van der Waals surface area contributed by atoms with E-state index in [0.717, 1.165) is 5.69 Å². The summed E-state index contributed by atoms with van der Waals surface area (Å²) in [6.45, 7) is 5.34. The van der Waals surface area contributed by atoms with Gasteiger partial charge in [-0.25, -0.2) is 4.68 Å². The van der Waals surface area contributed by atoms with Gasteiger partial charge >= 0.3 is 0 Å². The van der Waals surface area contributed by atoms with Gasteiger partial charge in [0.15, 0.2) is 0 Å². The largest absolute Gasteiger partial charge is 0.396 e. The Kier molecular flexibility index (Phi) is 2.99. The van der Waals surface area contributed by atoms with Crippen LogP contribution < -0.4 is 5.73 Å². The number of hydrogen-bond acceptors (Lipinski definition) is 4. The molecule has 1 aliphatic carbocycles. The van der Waals surface area contributed by atoms with E-state index in [0.29, 0.717) is 19.0 Å². The molecule has 0 spiro atoms. The summed E-state index contributed by atoms with van der Waals surface area (Å²) >= 11 is 0. The number of rotatable bonds is 5. The third-order valence-electron chi connectivity index (χ3n) is 3.01. The van der Waals surface area contributed by atoms with Crippen LogP contribution in [-0.2, 0) is 13.1 Å². The smallest absolute Gasteiger partial charge is 0.0997 e. The number of aliphatic hydroxyl groups excluding tert-OH is 1. The molecular weight excluding hydrogens is 204 g/mol. The second-order valence-electron chi connectivity index (χ2n) is 5.38. The molecule has 0 aliphatic heterocycles. The normalized spacial score (nSPS) is 16.8. The summed E-state index contributed by atoms with van der Waals surface area (Å²) in [4.78, 5) is 0. The molecule has 0 aromatic carbocycles. The van der Waals surface area contributed by atoms with Crippen LogP contribution >= 0.6 is 0 Å². The van der Waals surface area contributed by atoms with Gasteiger partial charge in [0.2, 0.25) is 0 Å². The first-order chi connectivity index (χ1) is 7.57. The van der Waals surface area contributed by atoms with Crippen molar-refractivity contribution in [3.8, 4) is 0 Å². The van der Waals surface area contributed by atoms with Gasteiger partial charge in [-0.15, -0.1) is 5.10 Å². The van der Waals surface area contributed by atoms with Gasteiger partial charge in [-0.05, 0) is 12.8 Å². The quantitative estimate of drug-likeness (QED) is 0.769. The Labute approximate surface area is 95.6 Å². The number of nitrogens with zero attached hydrogens (tertiary/aromatic N) is 3. The molecule has 1 aromatic heterocycles. The van der Waals surface area contributed by atoms with Crippen molar-refractivity contribution in [1.82, 2.24) is 15.0 Å². The minimum absolute atomic E-state index is 0.148. The first kappa shape index (κ1) is 11.5. The number of aliphatic hydroxyl groups is 1. The van der Waals surface area contributed by atoms with E-state index < -0.39 is 0 Å². The van der Waals surface area contributed by atoms with Gasteiger partial charge in [0.1, 0.15) is 0 Å². The summed E-state index contributed by atoms with van der Waals surface area (Å²) in [6, 6.07) is 0. The summed E-state index contributed by atoms with van der Waals surface area (Å²) in [5.74, 6) is 0.586. The molecule has 1 heterocycles. The maximum absolute atomic E-state index is 9.28. The Bertz CT molecular complexity index is 368. The Balaban J connectivity index is 2.23. The molecule has 1 saturated carbocycles. The highest BCUT2D eigenvalue weighted by molar-refractivity contribution is 5.20. The molecule has 0 atom stereocenters. The van der Waals surface area contributed by atoms with E-state index in [1.807, 2.05) is 18.5 Å². The molecule has 16 heavy (non-hydrogen) atoms. The standard InChI is InChI=1S/C11H20N4O/c1-11(2,7-16)6-15-10(8-3-4-8)9(5-12)13-14-15/h8,16H,3-7,12H2,1-2H3. The van der Waals surface area contributed by atoms with E-state index in [2.05, 4.69) is 10.3 Å². The highest BCUT2D eigenvalue weighted by Gasteiger charge is 2.32. The Hall–Kier alpha value is -0.940. The highest BCUT2D eigenvalue weighted by Crippen LogP contribution is 2.41. The van der Waals surface area contributed by atoms with Gasteiger partial charge in [0.05, 0.1) is 17.9 Å². The van der Waals surface area contributed by atoms with Crippen LogP contribution in [0.1, 0.15) is 44.0 Å². The summed E-state index contributed by atoms with van der Waals surface area (Å²) < 4.78 is 1.93. The lowest BCUT2D eigenvalue weighted by Gasteiger charge is -2.22. The molecule has 0 bridgehead atoms. The predicted molar refractivity (Wildman–Crippen MR) is 60.8 cm³/mol. The lowest BCUT2D eigenvalue weighted by Crippen LogP contribution is -2.25. The van der Waals surface area contributed by atoms with Crippen LogP contribution in [0.2, 0.25) is 0 Å². The number of nitrogens with two attached hydrogens (primary N) is 1. The van der Waals surface area contributed by atoms with Crippen molar-refractivity contribution in [2.75, 3.05) is 6.61 Å². The van der Waals surface area contributed by atoms with Crippen LogP contribution in [0.4, 0.5) is 0 Å². The van der Waals surface area contributed by atoms with E-state index >= 15 is 0 Å². The fourth-order valence-corrected chi connectivity index (χ4v) is 1.88. The second-order valence-corrected chi connectivity index (χ2v) is 5.38. The first-order valence-corrected chi connectivity index (χ1v) is 5.80. The summed E-state index contributed by atoms with van der Waals surface area (Å²) in [7, 11) is 0. The fraction of sp³-hybridized carbons (Fsp3) is 0.818. The predicted octanol–water partition coefficient (Wildman–Crippen LogP) is 0.633. The third kappa shape index (κ3) is 2.25. The molecule has 1 aliphatic rings. The Morgan fingerprint density at radius 3 is 2.69 bits per heavy atom. The van der Waals surface area contributed by atoms with Crippen molar-refractivity contribution in [2.24, 2.45) is 11.1 Å². The third-order valence-corrected chi connectivity index (χ3v) is 3.01. The maximum atomic E-state index is 9.28. The lowest BCUT2D eigenvalue weighted by atomic mass is 9.95. The van der Waals surface area contributed by atoms with Crippen molar-refractivity contribution < 1.29 is 5.11 Å². The minimum atomic E-state index is -0.163. The van der Waals surface area contributed by atoms with Crippen LogP contribution in [0.3, 0.4) is 0 Å². The molecule has 3 N–H and O–H groups in total. The monoisotopic (exact) mass is 224 g/mol. The minimum Gasteiger partial charge on any atom is -0.396 e. The van der Waals surface area contributed by atoms with Crippen LogP contribution in [0.25, 0.3) is 0 Å². The second kappa shape index (κ2) is 4.14. The molecule has 0 unspecified atom stereocenters. The molecule has 1 aromatic rings. The number of hydrogen-bond donors (Lipinski definition) is 2. The molecule has 5 heteroatoms. The zero-order valence-corrected chi connectivity index (χ0v) is 9.98. The SMILES string of the molecule is CC(C)(CO)Cn1nnc(CN)c1C1CC1. The van der Waals surface area contributed by atoms with E-state index in [4.69, 9.17) is 5.73 Å². The van der Waals surface area contributed by atoms with Gasteiger partial charge in [0.25, 0.3) is 0 Å². The van der Waals surface area contributed by atoms with Gasteiger partial charge < -0.3 is 10.8 Å². The van der Waals surface area contributed by atoms with Crippen LogP contribution in [0, 0.1) is 5.41 Å². The highest BCUT2D eigenvalue weighted by atomic mass is 16.3. The van der Waals surface area contributed by atoms with Gasteiger partial charge in [-0.3, -0.25) is 0 Å². The Morgan fingerprint density at radius 2 is 2.19 bits per heavy atom. The average molecular weight is 224 g/mol. The molecule has 1 fully saturated rings. The van der Waals surface area contributed by atoms with Crippen LogP contribution in [0.5, 0.6) is 0 Å². The van der Waals surface area contributed by atoms with Crippen molar-refractivity contribution in [3.05, 3.63) is 11.4 Å². The fourth-order valence-electron chi connectivity index (χ4n) is 1.88. The van der Waals surface area contributed by atoms with Crippen molar-refractivity contribution in [1.29, 1.82) is 0 Å². The molecule has 90 valence electrons. The van der Waals surface area contributed by atoms with Gasteiger partial charge in [-0.1, -0.05) is 19.1 Å². The van der Waals surface area contributed by atoms with Gasteiger partial charge in [-0.2, -0.15) is 0 Å². The topological polar surface area (TPSA) is 77.0 Å². The molecule has 0 saturated heterocycles. The maximum Gasteiger partial charge on any atom is 0.0997 e. The molecule has 2 rings (SSSR count). The zero-order chi connectivity index (χ0) is 11.8. The molecular formula is C11H20N4O. The van der Waals surface area contributed by atoms with Gasteiger partial charge in [0, 0.05) is 24.5 Å².